The van der Waals surface area contributed by atoms with Gasteiger partial charge in [-0.15, -0.1) is 11.3 Å². The van der Waals surface area contributed by atoms with Crippen molar-refractivity contribution >= 4 is 23.2 Å². The summed E-state index contributed by atoms with van der Waals surface area (Å²) < 4.78 is 5.56. The standard InChI is InChI=1S/C21H26N2O3S/c1-15-7-8-16(26-15)12-22-19(24)17-13-23(20(25)18-6-5-11-27-18)14-21(17)9-3-2-4-10-21/h5-8,11,17H,2-4,9-10,12-14H2,1H3,(H,22,24)/t17-/m1/s1. The van der Waals surface area contributed by atoms with Gasteiger partial charge in [0.1, 0.15) is 11.5 Å². The van der Waals surface area contributed by atoms with E-state index in [2.05, 4.69) is 5.32 Å². The number of aryl methyl sites for hydroxylation is 1. The molecule has 2 amide bonds. The van der Waals surface area contributed by atoms with Crippen LogP contribution in [0, 0.1) is 18.3 Å². The Kier molecular flexibility index (Phi) is 5.08. The molecule has 5 nitrogen and oxygen atoms in total. The summed E-state index contributed by atoms with van der Waals surface area (Å²) >= 11 is 1.47. The van der Waals surface area contributed by atoms with E-state index in [0.717, 1.165) is 42.1 Å². The van der Waals surface area contributed by atoms with E-state index in [1.807, 2.05) is 41.5 Å². The molecular weight excluding hydrogens is 360 g/mol. The van der Waals surface area contributed by atoms with Gasteiger partial charge in [-0.1, -0.05) is 25.3 Å². The second kappa shape index (κ2) is 7.50. The predicted octanol–water partition coefficient (Wildman–Crippen LogP) is 3.99. The van der Waals surface area contributed by atoms with E-state index in [1.165, 1.54) is 17.8 Å². The third-order valence-corrected chi connectivity index (χ3v) is 6.92. The van der Waals surface area contributed by atoms with Gasteiger partial charge >= 0.3 is 0 Å². The molecule has 0 unspecified atom stereocenters. The fraction of sp³-hybridized carbons (Fsp3) is 0.524. The highest BCUT2D eigenvalue weighted by atomic mass is 32.1. The van der Waals surface area contributed by atoms with Crippen molar-refractivity contribution in [1.82, 2.24) is 10.2 Å². The minimum Gasteiger partial charge on any atom is -0.465 e. The van der Waals surface area contributed by atoms with Crippen LogP contribution in [0.5, 0.6) is 0 Å². The van der Waals surface area contributed by atoms with Crippen molar-refractivity contribution in [2.75, 3.05) is 13.1 Å². The van der Waals surface area contributed by atoms with Gasteiger partial charge < -0.3 is 14.6 Å². The first-order valence-corrected chi connectivity index (χ1v) is 10.6. The monoisotopic (exact) mass is 386 g/mol. The molecule has 3 heterocycles. The molecule has 6 heteroatoms. The summed E-state index contributed by atoms with van der Waals surface area (Å²) in [6.07, 6.45) is 5.56. The zero-order valence-corrected chi connectivity index (χ0v) is 16.5. The smallest absolute Gasteiger partial charge is 0.263 e. The summed E-state index contributed by atoms with van der Waals surface area (Å²) in [6.45, 7) is 3.51. The summed E-state index contributed by atoms with van der Waals surface area (Å²) in [4.78, 5) is 28.6. The summed E-state index contributed by atoms with van der Waals surface area (Å²) in [5.41, 5.74) is -0.0751. The van der Waals surface area contributed by atoms with E-state index in [4.69, 9.17) is 4.42 Å². The van der Waals surface area contributed by atoms with E-state index in [0.29, 0.717) is 19.6 Å². The van der Waals surface area contributed by atoms with Gasteiger partial charge in [-0.2, -0.15) is 0 Å². The molecule has 144 valence electrons. The van der Waals surface area contributed by atoms with Gasteiger partial charge in [-0.05, 0) is 43.3 Å². The number of carbonyl (C=O) groups is 2. The van der Waals surface area contributed by atoms with Crippen molar-refractivity contribution in [1.29, 1.82) is 0 Å². The molecule has 1 spiro atoms. The summed E-state index contributed by atoms with van der Waals surface area (Å²) in [7, 11) is 0. The first kappa shape index (κ1) is 18.3. The van der Waals surface area contributed by atoms with Crippen molar-refractivity contribution in [3.8, 4) is 0 Å². The Morgan fingerprint density at radius 1 is 1.26 bits per heavy atom. The van der Waals surface area contributed by atoms with E-state index in [9.17, 15) is 9.59 Å². The average molecular weight is 387 g/mol. The van der Waals surface area contributed by atoms with Gasteiger partial charge in [-0.3, -0.25) is 9.59 Å². The van der Waals surface area contributed by atoms with Crippen LogP contribution < -0.4 is 5.32 Å². The van der Waals surface area contributed by atoms with Crippen LogP contribution in [-0.4, -0.2) is 29.8 Å². The van der Waals surface area contributed by atoms with Crippen LogP contribution in [0.2, 0.25) is 0 Å². The van der Waals surface area contributed by atoms with Crippen LogP contribution in [0.4, 0.5) is 0 Å². The van der Waals surface area contributed by atoms with Crippen LogP contribution >= 0.6 is 11.3 Å². The van der Waals surface area contributed by atoms with E-state index < -0.39 is 0 Å². The van der Waals surface area contributed by atoms with Crippen molar-refractivity contribution in [2.45, 2.75) is 45.6 Å². The fourth-order valence-corrected chi connectivity index (χ4v) is 5.37. The Morgan fingerprint density at radius 3 is 2.74 bits per heavy atom. The third kappa shape index (κ3) is 3.68. The number of nitrogens with zero attached hydrogens (tertiary/aromatic N) is 1. The highest BCUT2D eigenvalue weighted by molar-refractivity contribution is 7.12. The maximum atomic E-state index is 13.1. The van der Waals surface area contributed by atoms with Gasteiger partial charge in [0.15, 0.2) is 0 Å². The van der Waals surface area contributed by atoms with Crippen LogP contribution in [0.25, 0.3) is 0 Å². The molecule has 2 fully saturated rings. The SMILES string of the molecule is Cc1ccc(CNC(=O)[C@H]2CN(C(=O)c3cccs3)CC23CCCCC3)o1. The maximum Gasteiger partial charge on any atom is 0.263 e. The van der Waals surface area contributed by atoms with Crippen molar-refractivity contribution in [2.24, 2.45) is 11.3 Å². The fourth-order valence-electron chi connectivity index (χ4n) is 4.68. The quantitative estimate of drug-likeness (QED) is 0.864. The molecular formula is C21H26N2O3S. The lowest BCUT2D eigenvalue weighted by molar-refractivity contribution is -0.128. The zero-order valence-electron chi connectivity index (χ0n) is 15.7. The number of hydrogen-bond donors (Lipinski definition) is 1. The molecule has 1 atom stereocenters. The molecule has 1 aliphatic carbocycles. The molecule has 0 aromatic carbocycles. The molecule has 0 radical (unpaired) electrons. The Labute approximate surface area is 163 Å². The summed E-state index contributed by atoms with van der Waals surface area (Å²) in [5, 5.41) is 4.98. The second-order valence-electron chi connectivity index (χ2n) is 7.87. The van der Waals surface area contributed by atoms with E-state index in [-0.39, 0.29) is 23.1 Å². The third-order valence-electron chi connectivity index (χ3n) is 6.07. The highest BCUT2D eigenvalue weighted by Gasteiger charge is 2.51. The molecule has 2 aromatic rings. The Morgan fingerprint density at radius 2 is 2.07 bits per heavy atom. The number of hydrogen-bond acceptors (Lipinski definition) is 4. The van der Waals surface area contributed by atoms with E-state index >= 15 is 0 Å². The zero-order chi connectivity index (χ0) is 18.9. The minimum atomic E-state index is -0.141. The number of furan rings is 1. The molecule has 1 aliphatic heterocycles. The number of likely N-dealkylation sites (tertiary alicyclic amines) is 1. The molecule has 4 rings (SSSR count). The van der Waals surface area contributed by atoms with Gasteiger partial charge in [0.05, 0.1) is 17.3 Å². The second-order valence-corrected chi connectivity index (χ2v) is 8.82. The molecule has 1 saturated heterocycles. The maximum absolute atomic E-state index is 13.1. The first-order chi connectivity index (χ1) is 13.1. The Balaban J connectivity index is 1.49. The van der Waals surface area contributed by atoms with Crippen LogP contribution in [0.3, 0.4) is 0 Å². The molecule has 1 saturated carbocycles. The molecule has 2 aromatic heterocycles. The Bertz CT molecular complexity index is 805. The lowest BCUT2D eigenvalue weighted by Gasteiger charge is -2.37. The highest BCUT2D eigenvalue weighted by Crippen LogP contribution is 2.48. The number of carbonyl (C=O) groups excluding carboxylic acids is 2. The van der Waals surface area contributed by atoms with Gasteiger partial charge in [-0.25, -0.2) is 0 Å². The van der Waals surface area contributed by atoms with Gasteiger partial charge in [0.2, 0.25) is 5.91 Å². The number of thiophene rings is 1. The minimum absolute atomic E-state index is 0.0485. The van der Waals surface area contributed by atoms with Crippen molar-refractivity contribution in [3.63, 3.8) is 0 Å². The van der Waals surface area contributed by atoms with Crippen molar-refractivity contribution in [3.05, 3.63) is 46.0 Å². The molecule has 2 aliphatic rings. The van der Waals surface area contributed by atoms with Crippen LogP contribution in [0.1, 0.15) is 53.3 Å². The lowest BCUT2D eigenvalue weighted by Crippen LogP contribution is -2.42. The van der Waals surface area contributed by atoms with Crippen LogP contribution in [-0.2, 0) is 11.3 Å². The predicted molar refractivity (Wildman–Crippen MR) is 105 cm³/mol. The molecule has 0 bridgehead atoms. The van der Waals surface area contributed by atoms with Gasteiger partial charge in [0, 0.05) is 18.5 Å². The molecule has 27 heavy (non-hydrogen) atoms. The largest absolute Gasteiger partial charge is 0.465 e. The van der Waals surface area contributed by atoms with Crippen LogP contribution in [0.15, 0.2) is 34.1 Å². The number of rotatable bonds is 4. The van der Waals surface area contributed by atoms with Crippen molar-refractivity contribution < 1.29 is 14.0 Å². The summed E-state index contributed by atoms with van der Waals surface area (Å²) in [6, 6.07) is 7.57. The van der Waals surface area contributed by atoms with E-state index in [1.54, 1.807) is 0 Å². The number of nitrogens with one attached hydrogen (secondary N) is 1. The lowest BCUT2D eigenvalue weighted by atomic mass is 9.67. The number of amides is 2. The average Bonchev–Trinajstić information content (AvgIpc) is 3.41. The first-order valence-electron chi connectivity index (χ1n) is 9.73. The summed E-state index contributed by atoms with van der Waals surface area (Å²) in [5.74, 6) is 1.58. The normalized spacial score (nSPS) is 21.5. The Hall–Kier alpha value is -2.08. The topological polar surface area (TPSA) is 62.6 Å². The molecule has 1 N–H and O–H groups in total. The van der Waals surface area contributed by atoms with Gasteiger partial charge in [0.25, 0.3) is 5.91 Å².